The van der Waals surface area contributed by atoms with Gasteiger partial charge in [0.1, 0.15) is 0 Å². The highest BCUT2D eigenvalue weighted by Crippen LogP contribution is 2.06. The van der Waals surface area contributed by atoms with Crippen LogP contribution in [0.25, 0.3) is 0 Å². The van der Waals surface area contributed by atoms with Crippen molar-refractivity contribution in [1.82, 2.24) is 0 Å². The molecule has 0 aliphatic carbocycles. The first kappa shape index (κ1) is 8.22. The van der Waals surface area contributed by atoms with Crippen molar-refractivity contribution in [2.45, 2.75) is 6.92 Å². The molecule has 0 heterocycles. The molecule has 0 bridgehead atoms. The molecule has 0 aromatic carbocycles. The Morgan fingerprint density at radius 1 is 1.89 bits per heavy atom. The maximum absolute atomic E-state index is 8.67. The first-order valence-corrected chi connectivity index (χ1v) is 2.84. The van der Waals surface area contributed by atoms with Gasteiger partial charge in [0.25, 0.3) is 0 Å². The van der Waals surface area contributed by atoms with Gasteiger partial charge in [-0.05, 0) is 13.0 Å². The first-order chi connectivity index (χ1) is 4.22. The summed E-state index contributed by atoms with van der Waals surface area (Å²) in [6, 6.07) is 0. The Hall–Kier alpha value is -0.780. The molecule has 1 unspecified atom stereocenters. The second kappa shape index (κ2) is 4.13. The first-order valence-electron chi connectivity index (χ1n) is 2.84. The summed E-state index contributed by atoms with van der Waals surface area (Å²) in [6.07, 6.45) is 1.71. The molecule has 0 spiro atoms. The van der Waals surface area contributed by atoms with Crippen molar-refractivity contribution < 1.29 is 5.11 Å². The van der Waals surface area contributed by atoms with E-state index in [-0.39, 0.29) is 12.5 Å². The fourth-order valence-corrected chi connectivity index (χ4v) is 0.493. The van der Waals surface area contributed by atoms with E-state index in [0.717, 1.165) is 5.57 Å². The van der Waals surface area contributed by atoms with Crippen molar-refractivity contribution in [1.29, 1.82) is 0 Å². The van der Waals surface area contributed by atoms with Crippen molar-refractivity contribution >= 4 is 0 Å². The molecule has 0 fully saturated rings. The van der Waals surface area contributed by atoms with Crippen LogP contribution in [0.3, 0.4) is 0 Å². The molecular weight excluding hydrogens is 112 g/mol. The van der Waals surface area contributed by atoms with Crippen LogP contribution < -0.4 is 0 Å². The van der Waals surface area contributed by atoms with Crippen LogP contribution in [-0.4, -0.2) is 11.7 Å². The van der Waals surface area contributed by atoms with E-state index in [1.54, 1.807) is 6.08 Å². The average molecular weight is 124 g/mol. The zero-order valence-corrected chi connectivity index (χ0v) is 5.72. The molecule has 0 aromatic rings. The minimum Gasteiger partial charge on any atom is -0.395 e. The zero-order chi connectivity index (χ0) is 7.28. The van der Waals surface area contributed by atoms with Gasteiger partial charge in [0.2, 0.25) is 0 Å². The Morgan fingerprint density at radius 2 is 2.44 bits per heavy atom. The Morgan fingerprint density at radius 3 is 2.56 bits per heavy atom. The third-order valence-electron chi connectivity index (χ3n) is 1.15. The van der Waals surface area contributed by atoms with Crippen molar-refractivity contribution in [2.75, 3.05) is 6.61 Å². The quantitative estimate of drug-likeness (QED) is 0.446. The van der Waals surface area contributed by atoms with E-state index in [0.29, 0.717) is 0 Å². The summed E-state index contributed by atoms with van der Waals surface area (Å²) in [5.41, 5.74) is 3.54. The zero-order valence-electron chi connectivity index (χ0n) is 5.72. The Kier molecular flexibility index (Phi) is 3.78. The summed E-state index contributed by atoms with van der Waals surface area (Å²) in [7, 11) is 0. The molecule has 0 saturated carbocycles. The van der Waals surface area contributed by atoms with Gasteiger partial charge < -0.3 is 5.11 Å². The van der Waals surface area contributed by atoms with Crippen molar-refractivity contribution in [2.24, 2.45) is 5.92 Å². The van der Waals surface area contributed by atoms with Crippen LogP contribution in [0.4, 0.5) is 0 Å². The Labute approximate surface area is 56.0 Å². The van der Waals surface area contributed by atoms with Gasteiger partial charge in [-0.15, -0.1) is 5.73 Å². The predicted octanol–water partition coefficient (Wildman–Crippen LogP) is 1.51. The molecule has 9 heavy (non-hydrogen) atoms. The highest BCUT2D eigenvalue weighted by molar-refractivity contribution is 5.05. The molecule has 1 N–H and O–H groups in total. The van der Waals surface area contributed by atoms with E-state index < -0.39 is 0 Å². The van der Waals surface area contributed by atoms with E-state index >= 15 is 0 Å². The molecule has 0 aliphatic rings. The molecule has 1 atom stereocenters. The summed E-state index contributed by atoms with van der Waals surface area (Å²) in [6.45, 7) is 9.05. The molecular formula is C8H12O. The summed E-state index contributed by atoms with van der Waals surface area (Å²) < 4.78 is 0. The van der Waals surface area contributed by atoms with E-state index in [9.17, 15) is 0 Å². The van der Waals surface area contributed by atoms with Crippen LogP contribution in [0.1, 0.15) is 6.92 Å². The molecule has 0 amide bonds. The van der Waals surface area contributed by atoms with Gasteiger partial charge in [-0.2, -0.15) is 0 Å². The predicted molar refractivity (Wildman–Crippen MR) is 39.1 cm³/mol. The van der Waals surface area contributed by atoms with Crippen molar-refractivity contribution in [3.8, 4) is 0 Å². The third kappa shape index (κ3) is 2.91. The third-order valence-corrected chi connectivity index (χ3v) is 1.15. The molecule has 0 aliphatic heterocycles. The summed E-state index contributed by atoms with van der Waals surface area (Å²) in [5.74, 6) is 0.0301. The number of hydrogen-bond donors (Lipinski definition) is 1. The second-order valence-corrected chi connectivity index (χ2v) is 2.01. The maximum atomic E-state index is 8.67. The SMILES string of the molecule is C=C=CC(CO)C(=C)C. The van der Waals surface area contributed by atoms with Crippen LogP contribution >= 0.6 is 0 Å². The monoisotopic (exact) mass is 124 g/mol. The number of aliphatic hydroxyl groups excluding tert-OH is 1. The fourth-order valence-electron chi connectivity index (χ4n) is 0.493. The van der Waals surface area contributed by atoms with Gasteiger partial charge >= 0.3 is 0 Å². The Bertz CT molecular complexity index is 139. The van der Waals surface area contributed by atoms with Gasteiger partial charge in [0, 0.05) is 5.92 Å². The molecule has 1 nitrogen and oxygen atoms in total. The topological polar surface area (TPSA) is 20.2 Å². The normalized spacial score (nSPS) is 11.8. The lowest BCUT2D eigenvalue weighted by molar-refractivity contribution is 0.269. The number of aliphatic hydroxyl groups is 1. The second-order valence-electron chi connectivity index (χ2n) is 2.01. The molecule has 0 radical (unpaired) electrons. The van der Waals surface area contributed by atoms with Crippen LogP contribution in [0.15, 0.2) is 30.5 Å². The lowest BCUT2D eigenvalue weighted by atomic mass is 10.0. The number of hydrogen-bond acceptors (Lipinski definition) is 1. The molecule has 0 saturated heterocycles. The van der Waals surface area contributed by atoms with Gasteiger partial charge in [-0.3, -0.25) is 0 Å². The van der Waals surface area contributed by atoms with Crippen molar-refractivity contribution in [3.63, 3.8) is 0 Å². The van der Waals surface area contributed by atoms with Crippen molar-refractivity contribution in [3.05, 3.63) is 30.5 Å². The van der Waals surface area contributed by atoms with Crippen LogP contribution in [0.5, 0.6) is 0 Å². The van der Waals surface area contributed by atoms with E-state index in [1.807, 2.05) is 6.92 Å². The minimum atomic E-state index is 0.0301. The lowest BCUT2D eigenvalue weighted by Gasteiger charge is -2.04. The lowest BCUT2D eigenvalue weighted by Crippen LogP contribution is -2.01. The Balaban J connectivity index is 3.98. The largest absolute Gasteiger partial charge is 0.395 e. The average Bonchev–Trinajstić information content (AvgIpc) is 1.82. The minimum absolute atomic E-state index is 0.0301. The summed E-state index contributed by atoms with van der Waals surface area (Å²) >= 11 is 0. The highest BCUT2D eigenvalue weighted by Gasteiger charge is 2.00. The van der Waals surface area contributed by atoms with E-state index in [4.69, 9.17) is 5.11 Å². The molecule has 0 aromatic heterocycles. The standard InChI is InChI=1S/C8H12O/c1-4-5-8(6-9)7(2)3/h5,8-9H,1-2,6H2,3H3. The van der Waals surface area contributed by atoms with Crippen LogP contribution in [0, 0.1) is 5.92 Å². The van der Waals surface area contributed by atoms with Gasteiger partial charge in [-0.1, -0.05) is 18.7 Å². The summed E-state index contributed by atoms with van der Waals surface area (Å²) in [4.78, 5) is 0. The molecule has 0 rings (SSSR count). The van der Waals surface area contributed by atoms with Gasteiger partial charge in [0.05, 0.1) is 6.61 Å². The fraction of sp³-hybridized carbons (Fsp3) is 0.375. The molecule has 1 heteroatoms. The van der Waals surface area contributed by atoms with Gasteiger partial charge in [-0.25, -0.2) is 0 Å². The molecule has 50 valence electrons. The maximum Gasteiger partial charge on any atom is 0.0537 e. The van der Waals surface area contributed by atoms with Gasteiger partial charge in [0.15, 0.2) is 0 Å². The highest BCUT2D eigenvalue weighted by atomic mass is 16.3. The summed E-state index contributed by atoms with van der Waals surface area (Å²) in [5, 5.41) is 8.67. The van der Waals surface area contributed by atoms with Crippen LogP contribution in [-0.2, 0) is 0 Å². The van der Waals surface area contributed by atoms with E-state index in [1.165, 1.54) is 0 Å². The van der Waals surface area contributed by atoms with E-state index in [2.05, 4.69) is 18.9 Å². The number of rotatable bonds is 3. The van der Waals surface area contributed by atoms with Crippen LogP contribution in [0.2, 0.25) is 0 Å². The smallest absolute Gasteiger partial charge is 0.0537 e.